The highest BCUT2D eigenvalue weighted by atomic mass is 16.5. The Morgan fingerprint density at radius 2 is 1.48 bits per heavy atom. The Morgan fingerprint density at radius 3 is 1.93 bits per heavy atom. The predicted molar refractivity (Wildman–Crippen MR) is 118 cm³/mol. The second-order valence-electron chi connectivity index (χ2n) is 7.00. The van der Waals surface area contributed by atoms with Gasteiger partial charge in [0.15, 0.2) is 0 Å². The summed E-state index contributed by atoms with van der Waals surface area (Å²) in [6.45, 7) is 14.1. The van der Waals surface area contributed by atoms with Crippen molar-refractivity contribution in [2.24, 2.45) is 0 Å². The first-order chi connectivity index (χ1) is 13.9. The first-order valence-corrected chi connectivity index (χ1v) is 10.4. The lowest BCUT2D eigenvalue weighted by molar-refractivity contribution is -0.129. The molecule has 2 rings (SSSR count). The molecule has 29 heavy (non-hydrogen) atoms. The SMILES string of the molecule is CC(CC(=O)NO)c1ccc(OC(C)c2ccccc2)cc1.CCN(CC)CC. The molecule has 0 aromatic heterocycles. The number of nitrogens with one attached hydrogen (secondary N) is 1. The third kappa shape index (κ3) is 9.11. The van der Waals surface area contributed by atoms with E-state index in [1.165, 1.54) is 19.6 Å². The molecule has 2 unspecified atom stereocenters. The summed E-state index contributed by atoms with van der Waals surface area (Å²) in [4.78, 5) is 13.6. The Balaban J connectivity index is 0.000000516. The number of benzene rings is 2. The molecule has 0 spiro atoms. The van der Waals surface area contributed by atoms with Crippen LogP contribution >= 0.6 is 0 Å². The zero-order valence-electron chi connectivity index (χ0n) is 18.4. The minimum absolute atomic E-state index is 0.0235. The fraction of sp³-hybridized carbons (Fsp3) is 0.458. The number of amides is 1. The Hall–Kier alpha value is -2.37. The van der Waals surface area contributed by atoms with Gasteiger partial charge in [0.25, 0.3) is 0 Å². The quantitative estimate of drug-likeness (QED) is 0.450. The Bertz CT molecular complexity index is 680. The lowest BCUT2D eigenvalue weighted by Crippen LogP contribution is -2.21. The van der Waals surface area contributed by atoms with Gasteiger partial charge in [0.05, 0.1) is 0 Å². The number of hydrogen-bond donors (Lipinski definition) is 2. The maximum atomic E-state index is 11.2. The number of carbonyl (C=O) groups excluding carboxylic acids is 1. The van der Waals surface area contributed by atoms with Crippen molar-refractivity contribution in [1.29, 1.82) is 0 Å². The van der Waals surface area contributed by atoms with Gasteiger partial charge in [-0.2, -0.15) is 0 Å². The van der Waals surface area contributed by atoms with Gasteiger partial charge in [-0.15, -0.1) is 0 Å². The lowest BCUT2D eigenvalue weighted by Gasteiger charge is -2.16. The summed E-state index contributed by atoms with van der Waals surface area (Å²) in [6, 6.07) is 17.7. The molecule has 0 aliphatic carbocycles. The lowest BCUT2D eigenvalue weighted by atomic mass is 9.97. The van der Waals surface area contributed by atoms with Gasteiger partial charge in [-0.3, -0.25) is 10.0 Å². The summed E-state index contributed by atoms with van der Waals surface area (Å²) in [5.74, 6) is 0.442. The van der Waals surface area contributed by atoms with E-state index in [2.05, 4.69) is 25.7 Å². The largest absolute Gasteiger partial charge is 0.486 e. The average molecular weight is 401 g/mol. The molecule has 5 nitrogen and oxygen atoms in total. The molecule has 0 fully saturated rings. The number of ether oxygens (including phenoxy) is 1. The van der Waals surface area contributed by atoms with E-state index in [0.29, 0.717) is 0 Å². The number of hydrogen-bond acceptors (Lipinski definition) is 4. The Morgan fingerprint density at radius 1 is 0.931 bits per heavy atom. The van der Waals surface area contributed by atoms with Crippen LogP contribution in [0.5, 0.6) is 5.75 Å². The van der Waals surface area contributed by atoms with Gasteiger partial charge in [-0.25, -0.2) is 5.48 Å². The first-order valence-electron chi connectivity index (χ1n) is 10.4. The van der Waals surface area contributed by atoms with Crippen molar-refractivity contribution in [3.8, 4) is 5.75 Å². The van der Waals surface area contributed by atoms with Crippen LogP contribution in [0.2, 0.25) is 0 Å². The second kappa shape index (κ2) is 13.7. The summed E-state index contributed by atoms with van der Waals surface area (Å²) in [5.41, 5.74) is 3.81. The van der Waals surface area contributed by atoms with Crippen LogP contribution in [0.1, 0.15) is 64.2 Å². The van der Waals surface area contributed by atoms with E-state index in [9.17, 15) is 4.79 Å². The molecule has 5 heteroatoms. The van der Waals surface area contributed by atoms with E-state index in [0.717, 1.165) is 16.9 Å². The second-order valence-corrected chi connectivity index (χ2v) is 7.00. The van der Waals surface area contributed by atoms with Crippen LogP contribution < -0.4 is 10.2 Å². The van der Waals surface area contributed by atoms with Crippen LogP contribution in [0.4, 0.5) is 0 Å². The Kier molecular flexibility index (Phi) is 11.7. The van der Waals surface area contributed by atoms with Crippen molar-refractivity contribution in [1.82, 2.24) is 10.4 Å². The maximum absolute atomic E-state index is 11.2. The third-order valence-corrected chi connectivity index (χ3v) is 4.99. The molecule has 0 bridgehead atoms. The van der Waals surface area contributed by atoms with Crippen LogP contribution in [-0.4, -0.2) is 35.6 Å². The molecular weight excluding hydrogens is 364 g/mol. The zero-order chi connectivity index (χ0) is 21.6. The van der Waals surface area contributed by atoms with Crippen molar-refractivity contribution >= 4 is 5.91 Å². The van der Waals surface area contributed by atoms with Crippen LogP contribution in [0.25, 0.3) is 0 Å². The molecule has 0 aliphatic rings. The van der Waals surface area contributed by atoms with E-state index in [4.69, 9.17) is 9.94 Å². The fourth-order valence-corrected chi connectivity index (χ4v) is 2.98. The van der Waals surface area contributed by atoms with Gasteiger partial charge in [0, 0.05) is 6.42 Å². The summed E-state index contributed by atoms with van der Waals surface area (Å²) in [5, 5.41) is 8.56. The number of carbonyl (C=O) groups is 1. The van der Waals surface area contributed by atoms with Crippen molar-refractivity contribution in [2.75, 3.05) is 19.6 Å². The summed E-state index contributed by atoms with van der Waals surface area (Å²) >= 11 is 0. The van der Waals surface area contributed by atoms with Gasteiger partial charge < -0.3 is 9.64 Å². The number of rotatable bonds is 9. The maximum Gasteiger partial charge on any atom is 0.243 e. The average Bonchev–Trinajstić information content (AvgIpc) is 2.76. The van der Waals surface area contributed by atoms with Crippen molar-refractivity contribution in [3.05, 3.63) is 65.7 Å². The molecule has 0 saturated carbocycles. The smallest absolute Gasteiger partial charge is 0.243 e. The molecule has 2 aromatic rings. The van der Waals surface area contributed by atoms with Crippen LogP contribution in [0.15, 0.2) is 54.6 Å². The molecular formula is C24H36N2O3. The van der Waals surface area contributed by atoms with Gasteiger partial charge in [0.1, 0.15) is 11.9 Å². The standard InChI is InChI=1S/C18H21NO3.C6H15N/c1-13(12-18(20)19-21)15-8-10-17(11-9-15)22-14(2)16-6-4-3-5-7-16;1-4-7(5-2)6-3/h3-11,13-14,21H,12H2,1-2H3,(H,19,20);4-6H2,1-3H3. The first kappa shape index (κ1) is 24.7. The van der Waals surface area contributed by atoms with Crippen LogP contribution in [0.3, 0.4) is 0 Å². The van der Waals surface area contributed by atoms with E-state index in [1.54, 1.807) is 5.48 Å². The molecule has 0 radical (unpaired) electrons. The molecule has 2 aromatic carbocycles. The molecule has 0 aliphatic heterocycles. The topological polar surface area (TPSA) is 61.8 Å². The highest BCUT2D eigenvalue weighted by Crippen LogP contribution is 2.25. The molecule has 1 amide bonds. The summed E-state index contributed by atoms with van der Waals surface area (Å²) < 4.78 is 5.92. The van der Waals surface area contributed by atoms with Crippen molar-refractivity contribution < 1.29 is 14.7 Å². The highest BCUT2D eigenvalue weighted by molar-refractivity contribution is 5.75. The highest BCUT2D eigenvalue weighted by Gasteiger charge is 2.11. The molecule has 160 valence electrons. The van der Waals surface area contributed by atoms with Gasteiger partial charge in [-0.05, 0) is 55.7 Å². The number of hydroxylamine groups is 1. The van der Waals surface area contributed by atoms with Gasteiger partial charge in [0.2, 0.25) is 5.91 Å². The molecule has 2 N–H and O–H groups in total. The normalized spacial score (nSPS) is 12.5. The Labute approximate surface area is 175 Å². The fourth-order valence-electron chi connectivity index (χ4n) is 2.98. The zero-order valence-corrected chi connectivity index (χ0v) is 18.4. The number of nitrogens with zero attached hydrogens (tertiary/aromatic N) is 1. The monoisotopic (exact) mass is 400 g/mol. The summed E-state index contributed by atoms with van der Waals surface area (Å²) in [7, 11) is 0. The predicted octanol–water partition coefficient (Wildman–Crippen LogP) is 5.17. The van der Waals surface area contributed by atoms with Gasteiger partial charge in [-0.1, -0.05) is 70.2 Å². The minimum Gasteiger partial charge on any atom is -0.486 e. The third-order valence-electron chi connectivity index (χ3n) is 4.99. The van der Waals surface area contributed by atoms with E-state index in [-0.39, 0.29) is 24.3 Å². The van der Waals surface area contributed by atoms with Crippen LogP contribution in [-0.2, 0) is 4.79 Å². The van der Waals surface area contributed by atoms with E-state index in [1.807, 2.05) is 68.4 Å². The molecule has 0 saturated heterocycles. The minimum atomic E-state index is -0.384. The van der Waals surface area contributed by atoms with Crippen molar-refractivity contribution in [3.63, 3.8) is 0 Å². The van der Waals surface area contributed by atoms with E-state index < -0.39 is 0 Å². The molecule has 0 heterocycles. The van der Waals surface area contributed by atoms with Crippen molar-refractivity contribution in [2.45, 2.75) is 53.1 Å². The van der Waals surface area contributed by atoms with Crippen LogP contribution in [0, 0.1) is 0 Å². The van der Waals surface area contributed by atoms with Gasteiger partial charge >= 0.3 is 0 Å². The summed E-state index contributed by atoms with van der Waals surface area (Å²) in [6.07, 6.45) is 0.224. The van der Waals surface area contributed by atoms with E-state index >= 15 is 0 Å². The molecule has 2 atom stereocenters.